The van der Waals surface area contributed by atoms with E-state index in [4.69, 9.17) is 0 Å². The molecule has 0 aliphatic heterocycles. The van der Waals surface area contributed by atoms with Crippen LogP contribution in [0.25, 0.3) is 5.65 Å². The van der Waals surface area contributed by atoms with Crippen molar-refractivity contribution in [1.82, 2.24) is 29.7 Å². The fourth-order valence-electron chi connectivity index (χ4n) is 3.37. The van der Waals surface area contributed by atoms with Crippen LogP contribution in [0, 0.1) is 0 Å². The van der Waals surface area contributed by atoms with E-state index in [0.29, 0.717) is 16.3 Å². The van der Waals surface area contributed by atoms with Crippen LogP contribution in [0.15, 0.2) is 18.2 Å². The van der Waals surface area contributed by atoms with Gasteiger partial charge in [0.15, 0.2) is 17.0 Å². The second kappa shape index (κ2) is 8.63. The summed E-state index contributed by atoms with van der Waals surface area (Å²) in [5.74, 6) is -0.728. The van der Waals surface area contributed by atoms with Gasteiger partial charge in [0.05, 0.1) is 0 Å². The lowest BCUT2D eigenvalue weighted by molar-refractivity contribution is -0.141. The fourth-order valence-corrected chi connectivity index (χ4v) is 3.37. The van der Waals surface area contributed by atoms with Crippen molar-refractivity contribution in [1.29, 1.82) is 0 Å². The Morgan fingerprint density at radius 1 is 1.09 bits per heavy atom. The highest BCUT2D eigenvalue weighted by Gasteiger charge is 2.37. The molecule has 0 radical (unpaired) electrons. The molecule has 1 amide bonds. The maximum atomic E-state index is 13.2. The number of hydrogen-bond donors (Lipinski definition) is 1. The number of aromatic nitrogens is 5. The normalized spacial score (nSPS) is 14.6. The van der Waals surface area contributed by atoms with Gasteiger partial charge < -0.3 is 5.32 Å². The number of fused-ring (bicyclic) bond motifs is 1. The molecule has 3 aromatic heterocycles. The topological polar surface area (TPSA) is 77.1 Å². The zero-order valence-electron chi connectivity index (χ0n) is 16.8. The van der Waals surface area contributed by atoms with Crippen molar-refractivity contribution >= 4 is 11.6 Å². The Balaban J connectivity index is 1.41. The highest BCUT2D eigenvalue weighted by atomic mass is 19.4. The summed E-state index contributed by atoms with van der Waals surface area (Å²) < 4.78 is 93.0. The predicted octanol–water partition coefficient (Wildman–Crippen LogP) is 4.52. The Morgan fingerprint density at radius 2 is 1.82 bits per heavy atom. The maximum absolute atomic E-state index is 13.2. The molecule has 3 heterocycles. The maximum Gasteiger partial charge on any atom is 0.435 e. The van der Waals surface area contributed by atoms with Crippen molar-refractivity contribution in [3.05, 3.63) is 46.7 Å². The SMILES string of the molecule is O=C(NCCCn1nc(C(F)(F)F)cc1C1CC1)c1cc2nc(C(F)F)cc(C(F)F)n2n1. The van der Waals surface area contributed by atoms with Crippen LogP contribution in [0.3, 0.4) is 0 Å². The van der Waals surface area contributed by atoms with E-state index in [9.17, 15) is 35.5 Å². The summed E-state index contributed by atoms with van der Waals surface area (Å²) in [6, 6.07) is 2.56. The molecular weight excluding hydrogens is 461 g/mol. The molecule has 178 valence electrons. The van der Waals surface area contributed by atoms with E-state index in [0.717, 1.165) is 25.0 Å². The van der Waals surface area contributed by atoms with E-state index < -0.39 is 42.0 Å². The fraction of sp³-hybridized carbons (Fsp3) is 0.474. The molecule has 14 heteroatoms. The van der Waals surface area contributed by atoms with Crippen LogP contribution >= 0.6 is 0 Å². The molecule has 1 fully saturated rings. The van der Waals surface area contributed by atoms with Crippen molar-refractivity contribution < 1.29 is 35.5 Å². The average Bonchev–Trinajstić information content (AvgIpc) is 3.32. The number of aryl methyl sites for hydroxylation is 1. The van der Waals surface area contributed by atoms with E-state index in [-0.39, 0.29) is 36.8 Å². The highest BCUT2D eigenvalue weighted by molar-refractivity contribution is 5.93. The van der Waals surface area contributed by atoms with E-state index in [1.165, 1.54) is 4.68 Å². The quantitative estimate of drug-likeness (QED) is 0.382. The Bertz CT molecular complexity index is 1170. The van der Waals surface area contributed by atoms with Crippen LogP contribution in [-0.4, -0.2) is 36.8 Å². The van der Waals surface area contributed by atoms with Crippen LogP contribution < -0.4 is 5.32 Å². The number of amides is 1. The van der Waals surface area contributed by atoms with Gasteiger partial charge in [-0.1, -0.05) is 0 Å². The molecule has 0 atom stereocenters. The minimum atomic E-state index is -4.55. The van der Waals surface area contributed by atoms with Gasteiger partial charge in [-0.25, -0.2) is 27.1 Å². The molecule has 1 aliphatic carbocycles. The number of rotatable bonds is 8. The average molecular weight is 478 g/mol. The molecule has 33 heavy (non-hydrogen) atoms. The summed E-state index contributed by atoms with van der Waals surface area (Å²) >= 11 is 0. The van der Waals surface area contributed by atoms with Crippen LogP contribution in [0.1, 0.15) is 71.3 Å². The van der Waals surface area contributed by atoms with Gasteiger partial charge in [-0.2, -0.15) is 23.4 Å². The standard InChI is InChI=1S/C19H17F7N6O/c20-16(21)10-6-13(17(22)23)32-15(28-10)7-11(29-32)18(33)27-4-1-5-31-12(9-2-3-9)8-14(30-31)19(24,25)26/h6-9,16-17H,1-5H2,(H,27,33). The number of nitrogens with one attached hydrogen (secondary N) is 1. The molecule has 3 aromatic rings. The molecule has 0 unspecified atom stereocenters. The second-order valence-electron chi connectivity index (χ2n) is 7.57. The molecule has 0 bridgehead atoms. The number of carbonyl (C=O) groups excluding carboxylic acids is 1. The number of alkyl halides is 7. The minimum Gasteiger partial charge on any atom is -0.351 e. The first-order valence-electron chi connectivity index (χ1n) is 9.94. The van der Waals surface area contributed by atoms with E-state index in [1.54, 1.807) is 0 Å². The number of carbonyl (C=O) groups is 1. The molecule has 7 nitrogen and oxygen atoms in total. The summed E-state index contributed by atoms with van der Waals surface area (Å²) in [6.45, 7) is 0.164. The van der Waals surface area contributed by atoms with Crippen LogP contribution in [0.5, 0.6) is 0 Å². The lowest BCUT2D eigenvalue weighted by Crippen LogP contribution is -2.26. The monoisotopic (exact) mass is 478 g/mol. The number of halogens is 7. The van der Waals surface area contributed by atoms with Gasteiger partial charge >= 0.3 is 6.18 Å². The molecular formula is C19H17F7N6O. The van der Waals surface area contributed by atoms with Crippen molar-refractivity contribution in [3.8, 4) is 0 Å². The summed E-state index contributed by atoms with van der Waals surface area (Å²) in [5.41, 5.74) is -2.82. The first kappa shape index (κ1) is 23.0. The third kappa shape index (κ3) is 4.93. The van der Waals surface area contributed by atoms with Crippen LogP contribution in [-0.2, 0) is 12.7 Å². The summed E-state index contributed by atoms with van der Waals surface area (Å²) in [6.07, 6.45) is -8.94. The van der Waals surface area contributed by atoms with Crippen molar-refractivity contribution in [2.75, 3.05) is 6.54 Å². The Kier molecular flexibility index (Phi) is 6.01. The van der Waals surface area contributed by atoms with E-state index in [1.807, 2.05) is 0 Å². The van der Waals surface area contributed by atoms with Gasteiger partial charge in [0.1, 0.15) is 11.4 Å². The van der Waals surface area contributed by atoms with Crippen LogP contribution in [0.4, 0.5) is 30.7 Å². The molecule has 0 spiro atoms. The van der Waals surface area contributed by atoms with Crippen molar-refractivity contribution in [3.63, 3.8) is 0 Å². The lowest BCUT2D eigenvalue weighted by atomic mass is 10.2. The number of hydrogen-bond acceptors (Lipinski definition) is 4. The zero-order valence-corrected chi connectivity index (χ0v) is 16.8. The van der Waals surface area contributed by atoms with Gasteiger partial charge in [-0.05, 0) is 31.4 Å². The van der Waals surface area contributed by atoms with Gasteiger partial charge in [0, 0.05) is 30.8 Å². The second-order valence-corrected chi connectivity index (χ2v) is 7.57. The smallest absolute Gasteiger partial charge is 0.351 e. The zero-order chi connectivity index (χ0) is 23.9. The molecule has 1 N–H and O–H groups in total. The van der Waals surface area contributed by atoms with Crippen LogP contribution in [0.2, 0.25) is 0 Å². The molecule has 4 rings (SSSR count). The lowest BCUT2D eigenvalue weighted by Gasteiger charge is -2.07. The third-order valence-electron chi connectivity index (χ3n) is 5.08. The Labute approximate surface area is 181 Å². The largest absolute Gasteiger partial charge is 0.435 e. The molecule has 0 saturated heterocycles. The van der Waals surface area contributed by atoms with E-state index in [2.05, 4.69) is 20.5 Å². The van der Waals surface area contributed by atoms with Crippen molar-refractivity contribution in [2.45, 2.75) is 50.8 Å². The number of nitrogens with zero attached hydrogens (tertiary/aromatic N) is 5. The summed E-state index contributed by atoms with van der Waals surface area (Å²) in [5, 5.41) is 9.82. The predicted molar refractivity (Wildman–Crippen MR) is 99.1 cm³/mol. The van der Waals surface area contributed by atoms with Gasteiger partial charge in [0.25, 0.3) is 18.8 Å². The first-order chi connectivity index (χ1) is 15.5. The van der Waals surface area contributed by atoms with Crippen molar-refractivity contribution in [2.24, 2.45) is 0 Å². The molecule has 1 aliphatic rings. The van der Waals surface area contributed by atoms with Gasteiger partial charge in [-0.15, -0.1) is 0 Å². The van der Waals surface area contributed by atoms with E-state index >= 15 is 0 Å². The highest BCUT2D eigenvalue weighted by Crippen LogP contribution is 2.42. The minimum absolute atomic E-state index is 0.0371. The van der Waals surface area contributed by atoms with Gasteiger partial charge in [-0.3, -0.25) is 9.48 Å². The molecule has 1 saturated carbocycles. The summed E-state index contributed by atoms with van der Waals surface area (Å²) in [7, 11) is 0. The summed E-state index contributed by atoms with van der Waals surface area (Å²) in [4.78, 5) is 15.9. The first-order valence-corrected chi connectivity index (χ1v) is 9.94. The van der Waals surface area contributed by atoms with Gasteiger partial charge in [0.2, 0.25) is 0 Å². The Hall–Kier alpha value is -3.19. The molecule has 0 aromatic carbocycles. The Morgan fingerprint density at radius 3 is 2.42 bits per heavy atom. The third-order valence-corrected chi connectivity index (χ3v) is 5.08.